The number of nitrogens with one attached hydrogen (secondary N) is 1. The molecule has 1 nitrogen and oxygen atoms in total. The first-order valence-corrected chi connectivity index (χ1v) is 7.76. The van der Waals surface area contributed by atoms with Gasteiger partial charge < -0.3 is 5.32 Å². The molecule has 2 rings (SSSR count). The third-order valence-corrected chi connectivity index (χ3v) is 4.37. The molecule has 0 amide bonds. The van der Waals surface area contributed by atoms with Gasteiger partial charge in [0.1, 0.15) is 0 Å². The maximum atomic E-state index is 3.68. The Bertz CT molecular complexity index is 389. The van der Waals surface area contributed by atoms with Crippen LogP contribution in [0.4, 0.5) is 0 Å². The van der Waals surface area contributed by atoms with Crippen molar-refractivity contribution in [2.45, 2.75) is 47.0 Å². The van der Waals surface area contributed by atoms with Crippen LogP contribution < -0.4 is 5.32 Å². The van der Waals surface area contributed by atoms with Crippen LogP contribution in [0.3, 0.4) is 0 Å². The number of hydrogen-bond acceptors (Lipinski definition) is 1. The minimum atomic E-state index is 0.435. The Labute approximate surface area is 118 Å². The highest BCUT2D eigenvalue weighted by molar-refractivity contribution is 5.23. The smallest absolute Gasteiger partial charge is 0.00111 e. The molecule has 0 bridgehead atoms. The molecule has 1 atom stereocenters. The molecule has 1 saturated carbocycles. The molecule has 1 aliphatic rings. The molecule has 1 aromatic rings. The molecule has 0 radical (unpaired) electrons. The zero-order chi connectivity index (χ0) is 13.9. The third-order valence-electron chi connectivity index (χ3n) is 4.37. The van der Waals surface area contributed by atoms with Gasteiger partial charge in [0.05, 0.1) is 0 Å². The summed E-state index contributed by atoms with van der Waals surface area (Å²) < 4.78 is 0. The van der Waals surface area contributed by atoms with Gasteiger partial charge in [0, 0.05) is 6.54 Å². The van der Waals surface area contributed by atoms with Crippen LogP contribution in [0.5, 0.6) is 0 Å². The molecule has 1 aromatic carbocycles. The van der Waals surface area contributed by atoms with Gasteiger partial charge in [0.2, 0.25) is 0 Å². The highest BCUT2D eigenvalue weighted by atomic mass is 14.9. The van der Waals surface area contributed by atoms with E-state index in [0.717, 1.165) is 24.9 Å². The van der Waals surface area contributed by atoms with Crippen molar-refractivity contribution in [3.8, 4) is 0 Å². The van der Waals surface area contributed by atoms with Crippen molar-refractivity contribution in [1.82, 2.24) is 5.32 Å². The molecule has 1 heteroatoms. The quantitative estimate of drug-likeness (QED) is 0.774. The van der Waals surface area contributed by atoms with E-state index in [1.54, 1.807) is 0 Å². The van der Waals surface area contributed by atoms with E-state index in [9.17, 15) is 0 Å². The standard InChI is InChI=1S/C18H29N/c1-14(2)12-19-13-18(4,17-9-10-17)11-16-7-5-15(3)6-8-16/h5-8,14,17,19H,9-13H2,1-4H3. The summed E-state index contributed by atoms with van der Waals surface area (Å²) in [6.45, 7) is 11.5. The Morgan fingerprint density at radius 3 is 2.37 bits per heavy atom. The predicted octanol–water partition coefficient (Wildman–Crippen LogP) is 4.20. The molecule has 0 saturated heterocycles. The molecular formula is C18H29N. The van der Waals surface area contributed by atoms with Crippen LogP contribution in [0.15, 0.2) is 24.3 Å². The lowest BCUT2D eigenvalue weighted by molar-refractivity contribution is 0.252. The van der Waals surface area contributed by atoms with Crippen LogP contribution in [-0.4, -0.2) is 13.1 Å². The van der Waals surface area contributed by atoms with Gasteiger partial charge >= 0.3 is 0 Å². The molecule has 1 unspecified atom stereocenters. The SMILES string of the molecule is Cc1ccc(CC(C)(CNCC(C)C)C2CC2)cc1. The minimum Gasteiger partial charge on any atom is -0.316 e. The van der Waals surface area contributed by atoms with E-state index in [1.165, 1.54) is 30.4 Å². The molecular weight excluding hydrogens is 230 g/mol. The lowest BCUT2D eigenvalue weighted by Gasteiger charge is -2.31. The molecule has 106 valence electrons. The molecule has 1 fully saturated rings. The van der Waals surface area contributed by atoms with Gasteiger partial charge in [-0.15, -0.1) is 0 Å². The van der Waals surface area contributed by atoms with Crippen LogP contribution >= 0.6 is 0 Å². The fraction of sp³-hybridized carbons (Fsp3) is 0.667. The normalized spacial score (nSPS) is 18.6. The van der Waals surface area contributed by atoms with E-state index < -0.39 is 0 Å². The first-order chi connectivity index (χ1) is 8.99. The lowest BCUT2D eigenvalue weighted by Crippen LogP contribution is -2.37. The van der Waals surface area contributed by atoms with Gasteiger partial charge in [-0.25, -0.2) is 0 Å². The molecule has 0 aromatic heterocycles. The summed E-state index contributed by atoms with van der Waals surface area (Å²) in [5.74, 6) is 1.66. The van der Waals surface area contributed by atoms with Gasteiger partial charge in [-0.3, -0.25) is 0 Å². The van der Waals surface area contributed by atoms with Crippen molar-refractivity contribution < 1.29 is 0 Å². The fourth-order valence-electron chi connectivity index (χ4n) is 2.95. The zero-order valence-corrected chi connectivity index (χ0v) is 13.0. The Kier molecular flexibility index (Phi) is 4.67. The largest absolute Gasteiger partial charge is 0.316 e. The number of aryl methyl sites for hydroxylation is 1. The summed E-state index contributed by atoms with van der Waals surface area (Å²) in [5.41, 5.74) is 3.28. The van der Waals surface area contributed by atoms with Gasteiger partial charge in [-0.2, -0.15) is 0 Å². The zero-order valence-electron chi connectivity index (χ0n) is 13.0. The van der Waals surface area contributed by atoms with Gasteiger partial charge in [-0.05, 0) is 55.5 Å². The highest BCUT2D eigenvalue weighted by Gasteiger charge is 2.40. The van der Waals surface area contributed by atoms with Gasteiger partial charge in [-0.1, -0.05) is 50.6 Å². The molecule has 19 heavy (non-hydrogen) atoms. The molecule has 0 spiro atoms. The minimum absolute atomic E-state index is 0.435. The Balaban J connectivity index is 1.96. The molecule has 0 heterocycles. The lowest BCUT2D eigenvalue weighted by atomic mass is 9.78. The van der Waals surface area contributed by atoms with Crippen LogP contribution in [0.1, 0.15) is 44.7 Å². The van der Waals surface area contributed by atoms with E-state index in [1.807, 2.05) is 0 Å². The average molecular weight is 259 g/mol. The van der Waals surface area contributed by atoms with E-state index in [2.05, 4.69) is 57.3 Å². The van der Waals surface area contributed by atoms with Crippen LogP contribution in [0.2, 0.25) is 0 Å². The molecule has 1 N–H and O–H groups in total. The second-order valence-corrected chi connectivity index (χ2v) is 7.12. The number of benzene rings is 1. The Morgan fingerprint density at radius 2 is 1.84 bits per heavy atom. The maximum Gasteiger partial charge on any atom is 0.00111 e. The van der Waals surface area contributed by atoms with Crippen molar-refractivity contribution in [2.24, 2.45) is 17.3 Å². The third kappa shape index (κ3) is 4.35. The summed E-state index contributed by atoms with van der Waals surface area (Å²) in [5, 5.41) is 3.68. The topological polar surface area (TPSA) is 12.0 Å². The summed E-state index contributed by atoms with van der Waals surface area (Å²) in [7, 11) is 0. The van der Waals surface area contributed by atoms with Crippen molar-refractivity contribution in [2.75, 3.05) is 13.1 Å². The fourth-order valence-corrected chi connectivity index (χ4v) is 2.95. The average Bonchev–Trinajstić information content (AvgIpc) is 3.16. The van der Waals surface area contributed by atoms with Gasteiger partial charge in [0.25, 0.3) is 0 Å². The Hall–Kier alpha value is -0.820. The van der Waals surface area contributed by atoms with Gasteiger partial charge in [0.15, 0.2) is 0 Å². The van der Waals surface area contributed by atoms with E-state index >= 15 is 0 Å². The van der Waals surface area contributed by atoms with Crippen molar-refractivity contribution in [1.29, 1.82) is 0 Å². The monoisotopic (exact) mass is 259 g/mol. The number of rotatable bonds is 7. The maximum absolute atomic E-state index is 3.68. The Morgan fingerprint density at radius 1 is 1.21 bits per heavy atom. The summed E-state index contributed by atoms with van der Waals surface area (Å²) >= 11 is 0. The van der Waals surface area contributed by atoms with E-state index in [4.69, 9.17) is 0 Å². The van der Waals surface area contributed by atoms with Crippen LogP contribution in [0.25, 0.3) is 0 Å². The van der Waals surface area contributed by atoms with Crippen LogP contribution in [-0.2, 0) is 6.42 Å². The summed E-state index contributed by atoms with van der Waals surface area (Å²) in [6, 6.07) is 9.09. The van der Waals surface area contributed by atoms with Crippen molar-refractivity contribution in [3.05, 3.63) is 35.4 Å². The number of hydrogen-bond donors (Lipinski definition) is 1. The first kappa shape index (κ1) is 14.6. The summed E-state index contributed by atoms with van der Waals surface area (Å²) in [6.07, 6.45) is 4.06. The molecule has 1 aliphatic carbocycles. The summed E-state index contributed by atoms with van der Waals surface area (Å²) in [4.78, 5) is 0. The van der Waals surface area contributed by atoms with Crippen LogP contribution in [0, 0.1) is 24.2 Å². The highest BCUT2D eigenvalue weighted by Crippen LogP contribution is 2.47. The first-order valence-electron chi connectivity index (χ1n) is 7.76. The van der Waals surface area contributed by atoms with Crippen molar-refractivity contribution >= 4 is 0 Å². The predicted molar refractivity (Wildman–Crippen MR) is 83.4 cm³/mol. The van der Waals surface area contributed by atoms with Crippen molar-refractivity contribution in [3.63, 3.8) is 0 Å². The second-order valence-electron chi connectivity index (χ2n) is 7.12. The molecule has 0 aliphatic heterocycles. The van der Waals surface area contributed by atoms with E-state index in [-0.39, 0.29) is 0 Å². The van der Waals surface area contributed by atoms with E-state index in [0.29, 0.717) is 5.41 Å². The second kappa shape index (κ2) is 6.09.